The Morgan fingerprint density at radius 3 is 2.13 bits per heavy atom. The van der Waals surface area contributed by atoms with Gasteiger partial charge in [-0.3, -0.25) is 4.79 Å². The number of carbonyl (C=O) groups excluding carboxylic acids is 2. The Hall–Kier alpha value is -3.86. The number of anilines is 1. The third kappa shape index (κ3) is 5.14. The zero-order valence-electron chi connectivity index (χ0n) is 16.9. The van der Waals surface area contributed by atoms with E-state index in [4.69, 9.17) is 9.47 Å². The first-order valence-corrected chi connectivity index (χ1v) is 9.49. The fraction of sp³-hybridized carbons (Fsp3) is 0.120. The van der Waals surface area contributed by atoms with E-state index in [0.29, 0.717) is 16.9 Å². The largest absolute Gasteiger partial charge is 0.496 e. The quantitative estimate of drug-likeness (QED) is 0.334. The SMILES string of the molecule is COc1ccccc1/C=C(/C(=O)OCC(=O)N(C)c1ccccc1)c1ccccc1. The molecule has 0 aliphatic carbocycles. The highest BCUT2D eigenvalue weighted by molar-refractivity contribution is 6.22. The van der Waals surface area contributed by atoms with Gasteiger partial charge in [0.25, 0.3) is 5.91 Å². The van der Waals surface area contributed by atoms with E-state index < -0.39 is 5.97 Å². The number of ether oxygens (including phenoxy) is 2. The highest BCUT2D eigenvalue weighted by Gasteiger charge is 2.18. The predicted octanol–water partition coefficient (Wildman–Crippen LogP) is 4.44. The summed E-state index contributed by atoms with van der Waals surface area (Å²) >= 11 is 0. The molecule has 0 N–H and O–H groups in total. The Balaban J connectivity index is 1.81. The first-order chi connectivity index (χ1) is 14.6. The number of para-hydroxylation sites is 2. The summed E-state index contributed by atoms with van der Waals surface area (Å²) in [5, 5.41) is 0. The second kappa shape index (κ2) is 10.1. The van der Waals surface area contributed by atoms with Gasteiger partial charge in [0.2, 0.25) is 0 Å². The Bertz CT molecular complexity index is 1030. The molecule has 0 radical (unpaired) electrons. The van der Waals surface area contributed by atoms with Gasteiger partial charge in [-0.1, -0.05) is 66.7 Å². The number of esters is 1. The van der Waals surface area contributed by atoms with Crippen LogP contribution in [0.2, 0.25) is 0 Å². The van der Waals surface area contributed by atoms with Crippen LogP contribution in [0.3, 0.4) is 0 Å². The number of hydrogen-bond acceptors (Lipinski definition) is 4. The van der Waals surface area contributed by atoms with Crippen LogP contribution in [0, 0.1) is 0 Å². The van der Waals surface area contributed by atoms with Gasteiger partial charge < -0.3 is 14.4 Å². The van der Waals surface area contributed by atoms with E-state index in [9.17, 15) is 9.59 Å². The molecule has 1 amide bonds. The highest BCUT2D eigenvalue weighted by atomic mass is 16.5. The van der Waals surface area contributed by atoms with Gasteiger partial charge in [0.1, 0.15) is 5.75 Å². The molecule has 0 spiro atoms. The first-order valence-electron chi connectivity index (χ1n) is 9.49. The van der Waals surface area contributed by atoms with E-state index in [1.165, 1.54) is 4.90 Å². The Morgan fingerprint density at radius 2 is 1.47 bits per heavy atom. The molecular formula is C25H23NO4. The van der Waals surface area contributed by atoms with Crippen molar-refractivity contribution in [2.45, 2.75) is 0 Å². The smallest absolute Gasteiger partial charge is 0.339 e. The topological polar surface area (TPSA) is 55.8 Å². The average Bonchev–Trinajstić information content (AvgIpc) is 2.81. The van der Waals surface area contributed by atoms with Crippen molar-refractivity contribution < 1.29 is 19.1 Å². The zero-order valence-corrected chi connectivity index (χ0v) is 16.9. The van der Waals surface area contributed by atoms with Gasteiger partial charge >= 0.3 is 5.97 Å². The maximum absolute atomic E-state index is 12.9. The standard InChI is InChI=1S/C25H23NO4/c1-26(21-14-7-4-8-15-21)24(27)18-30-25(28)22(19-11-5-3-6-12-19)17-20-13-9-10-16-23(20)29-2/h3-17H,18H2,1-2H3/b22-17+. The van der Waals surface area contributed by atoms with Crippen molar-refractivity contribution in [2.24, 2.45) is 0 Å². The highest BCUT2D eigenvalue weighted by Crippen LogP contribution is 2.25. The van der Waals surface area contributed by atoms with Gasteiger partial charge in [-0.15, -0.1) is 0 Å². The molecule has 5 heteroatoms. The van der Waals surface area contributed by atoms with E-state index in [0.717, 1.165) is 11.3 Å². The summed E-state index contributed by atoms with van der Waals surface area (Å²) in [6.45, 7) is -0.361. The van der Waals surface area contributed by atoms with Gasteiger partial charge in [0.15, 0.2) is 6.61 Å². The summed E-state index contributed by atoms with van der Waals surface area (Å²) < 4.78 is 10.8. The Morgan fingerprint density at radius 1 is 0.867 bits per heavy atom. The van der Waals surface area contributed by atoms with E-state index in [1.54, 1.807) is 20.2 Å². The number of amides is 1. The molecule has 0 bridgehead atoms. The monoisotopic (exact) mass is 401 g/mol. The summed E-state index contributed by atoms with van der Waals surface area (Å²) in [6.07, 6.45) is 1.71. The average molecular weight is 401 g/mol. The fourth-order valence-corrected chi connectivity index (χ4v) is 2.92. The predicted molar refractivity (Wildman–Crippen MR) is 118 cm³/mol. The molecule has 0 saturated carbocycles. The summed E-state index contributed by atoms with van der Waals surface area (Å²) in [7, 11) is 3.22. The lowest BCUT2D eigenvalue weighted by molar-refractivity contribution is -0.141. The summed E-state index contributed by atoms with van der Waals surface area (Å²) in [5.41, 5.74) is 2.50. The lowest BCUT2D eigenvalue weighted by Crippen LogP contribution is -2.31. The van der Waals surface area contributed by atoms with Crippen LogP contribution in [0.25, 0.3) is 11.6 Å². The minimum absolute atomic E-state index is 0.320. The fourth-order valence-electron chi connectivity index (χ4n) is 2.92. The molecule has 0 heterocycles. The van der Waals surface area contributed by atoms with E-state index >= 15 is 0 Å². The second-order valence-corrected chi connectivity index (χ2v) is 6.53. The maximum Gasteiger partial charge on any atom is 0.339 e. The Labute approximate surface area is 176 Å². The molecule has 0 aliphatic heterocycles. The maximum atomic E-state index is 12.9. The zero-order chi connectivity index (χ0) is 21.3. The van der Waals surface area contributed by atoms with Crippen LogP contribution in [-0.4, -0.2) is 32.6 Å². The van der Waals surface area contributed by atoms with Crippen molar-refractivity contribution in [2.75, 3.05) is 25.7 Å². The van der Waals surface area contributed by atoms with Gasteiger partial charge in [-0.25, -0.2) is 4.79 Å². The third-order valence-corrected chi connectivity index (χ3v) is 4.59. The number of rotatable bonds is 7. The van der Waals surface area contributed by atoms with Crippen molar-refractivity contribution in [3.05, 3.63) is 96.1 Å². The molecule has 0 unspecified atom stereocenters. The van der Waals surface area contributed by atoms with Gasteiger partial charge in [0.05, 0.1) is 12.7 Å². The molecule has 0 aliphatic rings. The number of methoxy groups -OCH3 is 1. The van der Waals surface area contributed by atoms with Crippen molar-refractivity contribution in [3.8, 4) is 5.75 Å². The molecule has 152 valence electrons. The number of likely N-dealkylation sites (N-methyl/N-ethyl adjacent to an activating group) is 1. The summed E-state index contributed by atoms with van der Waals surface area (Å²) in [4.78, 5) is 26.8. The number of carbonyl (C=O) groups is 2. The molecule has 5 nitrogen and oxygen atoms in total. The number of hydrogen-bond donors (Lipinski definition) is 0. The molecule has 0 aromatic heterocycles. The minimum atomic E-state index is -0.582. The first kappa shape index (κ1) is 20.9. The third-order valence-electron chi connectivity index (χ3n) is 4.59. The van der Waals surface area contributed by atoms with Crippen LogP contribution in [0.5, 0.6) is 5.75 Å². The molecule has 0 atom stereocenters. The normalized spacial score (nSPS) is 10.9. The van der Waals surface area contributed by atoms with Gasteiger partial charge in [-0.05, 0) is 29.8 Å². The molecule has 30 heavy (non-hydrogen) atoms. The molecule has 0 saturated heterocycles. The Kier molecular flexibility index (Phi) is 7.00. The number of benzene rings is 3. The molecule has 0 fully saturated rings. The lowest BCUT2D eigenvalue weighted by Gasteiger charge is -2.17. The van der Waals surface area contributed by atoms with Gasteiger partial charge in [-0.2, -0.15) is 0 Å². The van der Waals surface area contributed by atoms with Crippen LogP contribution in [-0.2, 0) is 14.3 Å². The molecular weight excluding hydrogens is 378 g/mol. The van der Waals surface area contributed by atoms with Crippen molar-refractivity contribution >= 4 is 29.2 Å². The minimum Gasteiger partial charge on any atom is -0.496 e. The van der Waals surface area contributed by atoms with Crippen LogP contribution in [0.15, 0.2) is 84.9 Å². The summed E-state index contributed by atoms with van der Waals surface area (Å²) in [6, 6.07) is 25.8. The van der Waals surface area contributed by atoms with Crippen LogP contribution in [0.4, 0.5) is 5.69 Å². The van der Waals surface area contributed by atoms with Crippen molar-refractivity contribution in [3.63, 3.8) is 0 Å². The lowest BCUT2D eigenvalue weighted by atomic mass is 10.0. The van der Waals surface area contributed by atoms with E-state index in [2.05, 4.69) is 0 Å². The molecule has 3 rings (SSSR count). The van der Waals surface area contributed by atoms with E-state index in [1.807, 2.05) is 84.9 Å². The molecule has 3 aromatic carbocycles. The van der Waals surface area contributed by atoms with Gasteiger partial charge in [0, 0.05) is 18.3 Å². The van der Waals surface area contributed by atoms with Crippen LogP contribution < -0.4 is 9.64 Å². The van der Waals surface area contributed by atoms with E-state index in [-0.39, 0.29) is 12.5 Å². The van der Waals surface area contributed by atoms with Crippen molar-refractivity contribution in [1.29, 1.82) is 0 Å². The van der Waals surface area contributed by atoms with Crippen molar-refractivity contribution in [1.82, 2.24) is 0 Å². The molecule has 3 aromatic rings. The number of nitrogens with zero attached hydrogens (tertiary/aromatic N) is 1. The van der Waals surface area contributed by atoms with Crippen LogP contribution in [0.1, 0.15) is 11.1 Å². The summed E-state index contributed by atoms with van der Waals surface area (Å²) in [5.74, 6) is -0.264. The second-order valence-electron chi connectivity index (χ2n) is 6.53. The van der Waals surface area contributed by atoms with Crippen LogP contribution >= 0.6 is 0 Å².